The minimum atomic E-state index is -0.373. The maximum absolute atomic E-state index is 13.0. The molecular weight excluding hydrogens is 227 g/mol. The summed E-state index contributed by atoms with van der Waals surface area (Å²) in [5.41, 5.74) is 2.63. The van der Waals surface area contributed by atoms with E-state index >= 15 is 0 Å². The van der Waals surface area contributed by atoms with Crippen molar-refractivity contribution in [1.82, 2.24) is 0 Å². The Morgan fingerprint density at radius 3 is 2.33 bits per heavy atom. The lowest BCUT2D eigenvalue weighted by atomic mass is 10.0. The van der Waals surface area contributed by atoms with E-state index in [-0.39, 0.29) is 11.6 Å². The Hall–Kier alpha value is -1.96. The molecule has 18 heavy (non-hydrogen) atoms. The summed E-state index contributed by atoms with van der Waals surface area (Å²) in [6.07, 6.45) is 1.30. The van der Waals surface area contributed by atoms with E-state index in [1.807, 2.05) is 24.3 Å². The number of hydrogen-bond acceptors (Lipinski definition) is 1. The fourth-order valence-electron chi connectivity index (χ4n) is 1.84. The van der Waals surface area contributed by atoms with Crippen molar-refractivity contribution in [3.8, 4) is 0 Å². The van der Waals surface area contributed by atoms with Gasteiger partial charge in [-0.3, -0.25) is 4.79 Å². The van der Waals surface area contributed by atoms with Crippen molar-refractivity contribution in [3.63, 3.8) is 0 Å². The van der Waals surface area contributed by atoms with Crippen molar-refractivity contribution in [2.24, 2.45) is 0 Å². The van der Waals surface area contributed by atoms with Gasteiger partial charge < -0.3 is 0 Å². The average molecular weight is 242 g/mol. The van der Waals surface area contributed by atoms with Gasteiger partial charge in [0.2, 0.25) is 0 Å². The number of Topliss-reactive ketones (excluding diaryl/α,β-unsaturated/α-hetero) is 1. The molecule has 0 spiro atoms. The summed E-state index contributed by atoms with van der Waals surface area (Å²) in [4.78, 5) is 12.0. The minimum Gasteiger partial charge on any atom is -0.294 e. The Kier molecular flexibility index (Phi) is 3.88. The molecule has 2 aromatic rings. The highest BCUT2D eigenvalue weighted by Gasteiger charge is 2.07. The number of rotatable bonds is 4. The molecule has 1 nitrogen and oxygen atoms in total. The van der Waals surface area contributed by atoms with Gasteiger partial charge in [-0.05, 0) is 29.7 Å². The molecular formula is C16H15FO. The van der Waals surface area contributed by atoms with Gasteiger partial charge in [0.1, 0.15) is 5.82 Å². The smallest absolute Gasteiger partial charge is 0.167 e. The van der Waals surface area contributed by atoms with E-state index in [1.165, 1.54) is 17.7 Å². The standard InChI is InChI=1S/C16H15FO/c1-2-12-6-8-13(9-7-12)10-16(18)14-4-3-5-15(17)11-14/h3-9,11H,2,10H2,1H3. The molecule has 0 amide bonds. The second-order valence-electron chi connectivity index (χ2n) is 4.28. The zero-order valence-corrected chi connectivity index (χ0v) is 10.3. The van der Waals surface area contributed by atoms with Crippen LogP contribution in [-0.2, 0) is 12.8 Å². The molecule has 0 radical (unpaired) electrons. The monoisotopic (exact) mass is 242 g/mol. The van der Waals surface area contributed by atoms with Gasteiger partial charge in [0.05, 0.1) is 0 Å². The van der Waals surface area contributed by atoms with Gasteiger partial charge in [-0.15, -0.1) is 0 Å². The average Bonchev–Trinajstić information content (AvgIpc) is 2.39. The van der Waals surface area contributed by atoms with Crippen LogP contribution in [0.4, 0.5) is 4.39 Å². The van der Waals surface area contributed by atoms with Crippen molar-refractivity contribution in [2.75, 3.05) is 0 Å². The summed E-state index contributed by atoms with van der Waals surface area (Å²) < 4.78 is 13.0. The largest absolute Gasteiger partial charge is 0.294 e. The summed E-state index contributed by atoms with van der Waals surface area (Å²) >= 11 is 0. The molecule has 0 aromatic heterocycles. The second-order valence-corrected chi connectivity index (χ2v) is 4.28. The molecule has 92 valence electrons. The first-order chi connectivity index (χ1) is 8.69. The van der Waals surface area contributed by atoms with Crippen LogP contribution in [0, 0.1) is 5.82 Å². The number of halogens is 1. The summed E-state index contributed by atoms with van der Waals surface area (Å²) in [6, 6.07) is 13.8. The predicted molar refractivity (Wildman–Crippen MR) is 70.3 cm³/mol. The van der Waals surface area contributed by atoms with Gasteiger partial charge in [-0.25, -0.2) is 4.39 Å². The van der Waals surface area contributed by atoms with E-state index in [4.69, 9.17) is 0 Å². The molecule has 0 saturated carbocycles. The number of benzene rings is 2. The van der Waals surface area contributed by atoms with Crippen molar-refractivity contribution >= 4 is 5.78 Å². The third-order valence-electron chi connectivity index (χ3n) is 2.94. The van der Waals surface area contributed by atoms with Gasteiger partial charge in [-0.1, -0.05) is 43.3 Å². The fourth-order valence-corrected chi connectivity index (χ4v) is 1.84. The van der Waals surface area contributed by atoms with Crippen LogP contribution in [0.15, 0.2) is 48.5 Å². The molecule has 2 heteroatoms. The lowest BCUT2D eigenvalue weighted by molar-refractivity contribution is 0.0992. The highest BCUT2D eigenvalue weighted by Crippen LogP contribution is 2.11. The topological polar surface area (TPSA) is 17.1 Å². The van der Waals surface area contributed by atoms with E-state index in [2.05, 4.69) is 6.92 Å². The van der Waals surface area contributed by atoms with Crippen LogP contribution >= 0.6 is 0 Å². The molecule has 2 aromatic carbocycles. The van der Waals surface area contributed by atoms with Crippen molar-refractivity contribution in [3.05, 3.63) is 71.0 Å². The normalized spacial score (nSPS) is 10.3. The summed E-state index contributed by atoms with van der Waals surface area (Å²) in [6.45, 7) is 2.09. The van der Waals surface area contributed by atoms with Crippen molar-refractivity contribution in [1.29, 1.82) is 0 Å². The Morgan fingerprint density at radius 2 is 1.72 bits per heavy atom. The zero-order valence-electron chi connectivity index (χ0n) is 10.3. The Balaban J connectivity index is 2.11. The van der Waals surface area contributed by atoms with Gasteiger partial charge in [0.25, 0.3) is 0 Å². The van der Waals surface area contributed by atoms with Crippen molar-refractivity contribution < 1.29 is 9.18 Å². The van der Waals surface area contributed by atoms with Crippen LogP contribution in [0.2, 0.25) is 0 Å². The first-order valence-corrected chi connectivity index (χ1v) is 6.05. The maximum atomic E-state index is 13.0. The zero-order chi connectivity index (χ0) is 13.0. The van der Waals surface area contributed by atoms with Crippen LogP contribution in [0.3, 0.4) is 0 Å². The molecule has 0 aliphatic carbocycles. The first kappa shape index (κ1) is 12.5. The number of carbonyl (C=O) groups excluding carboxylic acids is 1. The molecule has 2 rings (SSSR count). The van der Waals surface area contributed by atoms with Crippen LogP contribution < -0.4 is 0 Å². The summed E-state index contributed by atoms with van der Waals surface area (Å²) in [5.74, 6) is -0.430. The molecule has 0 aliphatic rings. The number of ketones is 1. The van der Waals surface area contributed by atoms with E-state index in [9.17, 15) is 9.18 Å². The molecule has 0 atom stereocenters. The molecule has 0 saturated heterocycles. The van der Waals surface area contributed by atoms with Crippen LogP contribution in [0.5, 0.6) is 0 Å². The summed E-state index contributed by atoms with van der Waals surface area (Å²) in [7, 11) is 0. The minimum absolute atomic E-state index is 0.0567. The molecule has 0 fully saturated rings. The predicted octanol–water partition coefficient (Wildman–Crippen LogP) is 3.81. The fraction of sp³-hybridized carbons (Fsp3) is 0.188. The van der Waals surface area contributed by atoms with Gasteiger partial charge in [0, 0.05) is 12.0 Å². The van der Waals surface area contributed by atoms with Gasteiger partial charge in [0.15, 0.2) is 5.78 Å². The van der Waals surface area contributed by atoms with E-state index in [0.29, 0.717) is 12.0 Å². The second kappa shape index (κ2) is 5.58. The number of hydrogen-bond donors (Lipinski definition) is 0. The lowest BCUT2D eigenvalue weighted by Crippen LogP contribution is -2.03. The van der Waals surface area contributed by atoms with Gasteiger partial charge >= 0.3 is 0 Å². The highest BCUT2D eigenvalue weighted by atomic mass is 19.1. The van der Waals surface area contributed by atoms with Crippen molar-refractivity contribution in [2.45, 2.75) is 19.8 Å². The quantitative estimate of drug-likeness (QED) is 0.745. The third kappa shape index (κ3) is 3.04. The third-order valence-corrected chi connectivity index (χ3v) is 2.94. The lowest BCUT2D eigenvalue weighted by Gasteiger charge is -2.03. The molecule has 0 unspecified atom stereocenters. The van der Waals surface area contributed by atoms with E-state index in [1.54, 1.807) is 12.1 Å². The summed E-state index contributed by atoms with van der Waals surface area (Å²) in [5, 5.41) is 0. The first-order valence-electron chi connectivity index (χ1n) is 6.05. The number of aryl methyl sites for hydroxylation is 1. The van der Waals surface area contributed by atoms with E-state index < -0.39 is 0 Å². The molecule has 0 N–H and O–H groups in total. The van der Waals surface area contributed by atoms with Gasteiger partial charge in [-0.2, -0.15) is 0 Å². The van der Waals surface area contributed by atoms with Crippen LogP contribution in [0.1, 0.15) is 28.4 Å². The SMILES string of the molecule is CCc1ccc(CC(=O)c2cccc(F)c2)cc1. The molecule has 0 aliphatic heterocycles. The Morgan fingerprint density at radius 1 is 1.06 bits per heavy atom. The molecule has 0 bridgehead atoms. The maximum Gasteiger partial charge on any atom is 0.167 e. The van der Waals surface area contributed by atoms with Crippen LogP contribution in [0.25, 0.3) is 0 Å². The Labute approximate surface area is 106 Å². The molecule has 0 heterocycles. The van der Waals surface area contributed by atoms with Crippen LogP contribution in [-0.4, -0.2) is 5.78 Å². The Bertz CT molecular complexity index is 543. The highest BCUT2D eigenvalue weighted by molar-refractivity contribution is 5.97. The van der Waals surface area contributed by atoms with E-state index in [0.717, 1.165) is 12.0 Å². The number of carbonyl (C=O) groups is 1.